The van der Waals surface area contributed by atoms with E-state index in [2.05, 4.69) is 34.5 Å². The molecule has 166 valence electrons. The Morgan fingerprint density at radius 2 is 1.24 bits per heavy atom. The van der Waals surface area contributed by atoms with Crippen molar-refractivity contribution < 1.29 is 4.79 Å². The van der Waals surface area contributed by atoms with Gasteiger partial charge in [0, 0.05) is 17.1 Å². The van der Waals surface area contributed by atoms with Gasteiger partial charge in [-0.1, -0.05) is 78.9 Å². The number of hydrogen-bond acceptors (Lipinski definition) is 3. The van der Waals surface area contributed by atoms with Crippen molar-refractivity contribution in [1.29, 1.82) is 5.26 Å². The molecule has 0 spiro atoms. The van der Waals surface area contributed by atoms with Gasteiger partial charge >= 0.3 is 0 Å². The number of benzene rings is 4. The summed E-state index contributed by atoms with van der Waals surface area (Å²) in [7, 11) is 0. The van der Waals surface area contributed by atoms with Crippen LogP contribution in [0.15, 0.2) is 121 Å². The van der Waals surface area contributed by atoms with Gasteiger partial charge in [0.15, 0.2) is 0 Å². The predicted octanol–water partition coefficient (Wildman–Crippen LogP) is 6.94. The standard InChI is InChI=1S/C30H25N3O/c1-23(25-11-5-2-6-12-25)32-30(34)26(22-31)21-24-17-19-29(20-18-24)33(27-13-7-3-8-14-27)28-15-9-4-10-16-28/h2-21,23H,1H3,(H,32,34). The first kappa shape index (κ1) is 22.6. The normalized spacial score (nSPS) is 11.8. The van der Waals surface area contributed by atoms with Gasteiger partial charge < -0.3 is 10.2 Å². The van der Waals surface area contributed by atoms with E-state index in [1.54, 1.807) is 6.08 Å². The number of carbonyl (C=O) groups excluding carboxylic acids is 1. The predicted molar refractivity (Wildman–Crippen MR) is 138 cm³/mol. The Labute approximate surface area is 200 Å². The highest BCUT2D eigenvalue weighted by Gasteiger charge is 2.15. The minimum atomic E-state index is -0.391. The molecule has 34 heavy (non-hydrogen) atoms. The van der Waals surface area contributed by atoms with Crippen LogP contribution in [0.25, 0.3) is 6.08 Å². The Balaban J connectivity index is 1.57. The summed E-state index contributed by atoms with van der Waals surface area (Å²) in [6.45, 7) is 1.90. The topological polar surface area (TPSA) is 56.1 Å². The lowest BCUT2D eigenvalue weighted by Gasteiger charge is -2.25. The van der Waals surface area contributed by atoms with Gasteiger partial charge in [0.05, 0.1) is 6.04 Å². The highest BCUT2D eigenvalue weighted by molar-refractivity contribution is 6.01. The fourth-order valence-corrected chi connectivity index (χ4v) is 3.74. The van der Waals surface area contributed by atoms with Crippen molar-refractivity contribution >= 4 is 29.0 Å². The van der Waals surface area contributed by atoms with E-state index in [1.165, 1.54) is 0 Å². The summed E-state index contributed by atoms with van der Waals surface area (Å²) in [6, 6.07) is 39.6. The van der Waals surface area contributed by atoms with E-state index in [-0.39, 0.29) is 11.6 Å². The van der Waals surface area contributed by atoms with Crippen molar-refractivity contribution in [2.75, 3.05) is 4.90 Å². The molecule has 0 heterocycles. The van der Waals surface area contributed by atoms with Gasteiger partial charge in [0.2, 0.25) is 0 Å². The second-order valence-corrected chi connectivity index (χ2v) is 7.87. The largest absolute Gasteiger partial charge is 0.345 e. The molecular formula is C30H25N3O. The van der Waals surface area contributed by atoms with E-state index in [0.29, 0.717) is 0 Å². The first-order valence-corrected chi connectivity index (χ1v) is 11.1. The molecule has 1 unspecified atom stereocenters. The number of anilines is 3. The van der Waals surface area contributed by atoms with Crippen LogP contribution in [0.4, 0.5) is 17.1 Å². The molecule has 1 atom stereocenters. The Morgan fingerprint density at radius 1 is 0.765 bits per heavy atom. The third kappa shape index (κ3) is 5.40. The van der Waals surface area contributed by atoms with Gasteiger partial charge in [-0.3, -0.25) is 4.79 Å². The highest BCUT2D eigenvalue weighted by Crippen LogP contribution is 2.34. The SMILES string of the molecule is CC(NC(=O)C(C#N)=Cc1ccc(N(c2ccccc2)c2ccccc2)cc1)c1ccccc1. The number of nitrogens with one attached hydrogen (secondary N) is 1. The molecule has 0 aliphatic rings. The van der Waals surface area contributed by atoms with E-state index in [9.17, 15) is 10.1 Å². The maximum Gasteiger partial charge on any atom is 0.262 e. The molecule has 4 aromatic rings. The molecule has 4 aromatic carbocycles. The van der Waals surface area contributed by atoms with Crippen molar-refractivity contribution in [1.82, 2.24) is 5.32 Å². The average Bonchev–Trinajstić information content (AvgIpc) is 2.90. The van der Waals surface area contributed by atoms with Crippen molar-refractivity contribution in [2.24, 2.45) is 0 Å². The van der Waals surface area contributed by atoms with E-state index >= 15 is 0 Å². The van der Waals surface area contributed by atoms with E-state index < -0.39 is 5.91 Å². The summed E-state index contributed by atoms with van der Waals surface area (Å²) in [5, 5.41) is 12.5. The van der Waals surface area contributed by atoms with Gasteiger partial charge in [-0.25, -0.2) is 0 Å². The van der Waals surface area contributed by atoms with E-state index in [0.717, 1.165) is 28.2 Å². The van der Waals surface area contributed by atoms with Crippen LogP contribution in [0.5, 0.6) is 0 Å². The summed E-state index contributed by atoms with van der Waals surface area (Å²) in [6.07, 6.45) is 1.62. The summed E-state index contributed by atoms with van der Waals surface area (Å²) in [5.41, 5.74) is 4.91. The first-order chi connectivity index (χ1) is 16.7. The Hall–Kier alpha value is -4.62. The Morgan fingerprint density at radius 3 is 1.74 bits per heavy atom. The summed E-state index contributed by atoms with van der Waals surface area (Å²) >= 11 is 0. The third-order valence-corrected chi connectivity index (χ3v) is 5.50. The molecule has 0 fully saturated rings. The molecule has 4 nitrogen and oxygen atoms in total. The fourth-order valence-electron chi connectivity index (χ4n) is 3.74. The lowest BCUT2D eigenvalue weighted by atomic mass is 10.1. The number of carbonyl (C=O) groups is 1. The van der Waals surface area contributed by atoms with Gasteiger partial charge in [0.1, 0.15) is 11.6 Å². The van der Waals surface area contributed by atoms with Crippen LogP contribution in [-0.2, 0) is 4.79 Å². The smallest absolute Gasteiger partial charge is 0.262 e. The number of rotatable bonds is 7. The maximum absolute atomic E-state index is 12.7. The van der Waals surface area contributed by atoms with Gasteiger partial charge in [0.25, 0.3) is 5.91 Å². The quantitative estimate of drug-likeness (QED) is 0.249. The molecular weight excluding hydrogens is 418 g/mol. The zero-order valence-corrected chi connectivity index (χ0v) is 18.9. The summed E-state index contributed by atoms with van der Waals surface area (Å²) in [4.78, 5) is 14.9. The van der Waals surface area contributed by atoms with Gasteiger partial charge in [-0.15, -0.1) is 0 Å². The van der Waals surface area contributed by atoms with Crippen LogP contribution in [0.3, 0.4) is 0 Å². The lowest BCUT2D eigenvalue weighted by molar-refractivity contribution is -0.117. The average molecular weight is 444 g/mol. The van der Waals surface area contributed by atoms with Crippen LogP contribution in [0.2, 0.25) is 0 Å². The molecule has 0 saturated heterocycles. The zero-order valence-electron chi connectivity index (χ0n) is 18.9. The van der Waals surface area contributed by atoms with Crippen molar-refractivity contribution in [3.63, 3.8) is 0 Å². The summed E-state index contributed by atoms with van der Waals surface area (Å²) in [5.74, 6) is -0.391. The molecule has 0 aliphatic heterocycles. The molecule has 4 rings (SSSR count). The van der Waals surface area contributed by atoms with Crippen molar-refractivity contribution in [2.45, 2.75) is 13.0 Å². The van der Waals surface area contributed by atoms with Crippen LogP contribution in [0.1, 0.15) is 24.1 Å². The number of nitrogens with zero attached hydrogens (tertiary/aromatic N) is 2. The third-order valence-electron chi connectivity index (χ3n) is 5.50. The van der Waals surface area contributed by atoms with Gasteiger partial charge in [-0.05, 0) is 60.5 Å². The van der Waals surface area contributed by atoms with Gasteiger partial charge in [-0.2, -0.15) is 5.26 Å². The molecule has 1 N–H and O–H groups in total. The van der Waals surface area contributed by atoms with Crippen LogP contribution in [-0.4, -0.2) is 5.91 Å². The minimum Gasteiger partial charge on any atom is -0.345 e. The number of para-hydroxylation sites is 2. The minimum absolute atomic E-state index is 0.0681. The number of nitriles is 1. The first-order valence-electron chi connectivity index (χ1n) is 11.1. The molecule has 0 saturated carbocycles. The zero-order chi connectivity index (χ0) is 23.8. The molecule has 0 radical (unpaired) electrons. The van der Waals surface area contributed by atoms with Crippen LogP contribution in [0, 0.1) is 11.3 Å². The Kier molecular flexibility index (Phi) is 7.17. The summed E-state index contributed by atoms with van der Waals surface area (Å²) < 4.78 is 0. The second kappa shape index (κ2) is 10.8. The molecule has 0 aromatic heterocycles. The highest BCUT2D eigenvalue weighted by atomic mass is 16.1. The lowest BCUT2D eigenvalue weighted by Crippen LogP contribution is -2.27. The second-order valence-electron chi connectivity index (χ2n) is 7.87. The molecule has 4 heteroatoms. The van der Waals surface area contributed by atoms with Crippen molar-refractivity contribution in [3.8, 4) is 6.07 Å². The van der Waals surface area contributed by atoms with E-state index in [1.807, 2.05) is 104 Å². The van der Waals surface area contributed by atoms with E-state index in [4.69, 9.17) is 0 Å². The van der Waals surface area contributed by atoms with Crippen LogP contribution < -0.4 is 10.2 Å². The number of hydrogen-bond donors (Lipinski definition) is 1. The molecule has 0 bridgehead atoms. The van der Waals surface area contributed by atoms with Crippen LogP contribution >= 0.6 is 0 Å². The number of amides is 1. The van der Waals surface area contributed by atoms with Crippen molar-refractivity contribution in [3.05, 3.63) is 132 Å². The fraction of sp³-hybridized carbons (Fsp3) is 0.0667. The monoisotopic (exact) mass is 443 g/mol. The molecule has 0 aliphatic carbocycles. The Bertz CT molecular complexity index is 1250. The molecule has 1 amide bonds. The maximum atomic E-state index is 12.7.